The van der Waals surface area contributed by atoms with Crippen LogP contribution in [0.4, 0.5) is 0 Å². The van der Waals surface area contributed by atoms with E-state index in [1.807, 2.05) is 6.92 Å². The van der Waals surface area contributed by atoms with E-state index in [2.05, 4.69) is 23.9 Å². The highest BCUT2D eigenvalue weighted by Crippen LogP contribution is 2.15. The molecule has 1 rings (SSSR count). The van der Waals surface area contributed by atoms with E-state index < -0.39 is 5.54 Å². The van der Waals surface area contributed by atoms with Crippen molar-refractivity contribution >= 4 is 0 Å². The summed E-state index contributed by atoms with van der Waals surface area (Å²) in [5.41, 5.74) is 5.52. The first-order valence-corrected chi connectivity index (χ1v) is 7.23. The second-order valence-corrected chi connectivity index (χ2v) is 6.31. The van der Waals surface area contributed by atoms with Crippen LogP contribution in [0.5, 0.6) is 0 Å². The minimum atomic E-state index is -0.399. The van der Waals surface area contributed by atoms with Gasteiger partial charge in [-0.25, -0.2) is 0 Å². The van der Waals surface area contributed by atoms with Crippen LogP contribution < -0.4 is 5.73 Å². The van der Waals surface area contributed by atoms with Gasteiger partial charge in [0, 0.05) is 18.1 Å². The number of hydrogen-bond donors (Lipinski definition) is 2. The Hall–Kier alpha value is -0.160. The zero-order valence-corrected chi connectivity index (χ0v) is 12.4. The Labute approximate surface area is 112 Å². The lowest BCUT2D eigenvalue weighted by molar-refractivity contribution is 0.131. The molecule has 0 aromatic heterocycles. The van der Waals surface area contributed by atoms with Gasteiger partial charge in [-0.2, -0.15) is 0 Å². The molecule has 0 amide bonds. The van der Waals surface area contributed by atoms with Crippen LogP contribution in [0.1, 0.15) is 39.0 Å². The van der Waals surface area contributed by atoms with Crippen molar-refractivity contribution in [1.82, 2.24) is 9.80 Å². The van der Waals surface area contributed by atoms with Crippen molar-refractivity contribution in [1.29, 1.82) is 0 Å². The molecule has 0 aliphatic carbocycles. The molecular weight excluding hydrogens is 226 g/mol. The molecule has 0 aromatic carbocycles. The number of hydrogen-bond acceptors (Lipinski definition) is 4. The Balaban J connectivity index is 2.15. The molecule has 2 unspecified atom stereocenters. The Morgan fingerprint density at radius 3 is 2.78 bits per heavy atom. The third kappa shape index (κ3) is 5.65. The second kappa shape index (κ2) is 7.43. The van der Waals surface area contributed by atoms with Crippen molar-refractivity contribution in [3.8, 4) is 0 Å². The maximum Gasteiger partial charge on any atom is 0.0608 e. The quantitative estimate of drug-likeness (QED) is 0.665. The van der Waals surface area contributed by atoms with Crippen LogP contribution in [-0.4, -0.2) is 66.8 Å². The van der Waals surface area contributed by atoms with E-state index in [-0.39, 0.29) is 6.61 Å². The van der Waals surface area contributed by atoms with Gasteiger partial charge >= 0.3 is 0 Å². The molecule has 0 saturated carbocycles. The summed E-state index contributed by atoms with van der Waals surface area (Å²) in [6.45, 7) is 5.58. The molecule has 2 atom stereocenters. The van der Waals surface area contributed by atoms with E-state index in [1.165, 1.54) is 32.4 Å². The molecule has 0 radical (unpaired) electrons. The lowest BCUT2D eigenvalue weighted by atomic mass is 9.97. The van der Waals surface area contributed by atoms with Crippen molar-refractivity contribution in [3.63, 3.8) is 0 Å². The number of aliphatic hydroxyl groups excluding tert-OH is 1. The average Bonchev–Trinajstić information content (AvgIpc) is 2.34. The monoisotopic (exact) mass is 257 g/mol. The number of nitrogens with two attached hydrogens (primary N) is 1. The molecule has 1 fully saturated rings. The van der Waals surface area contributed by atoms with E-state index >= 15 is 0 Å². The van der Waals surface area contributed by atoms with Crippen LogP contribution in [0.3, 0.4) is 0 Å². The lowest BCUT2D eigenvalue weighted by Crippen LogP contribution is -2.45. The molecule has 0 aromatic rings. The van der Waals surface area contributed by atoms with E-state index in [0.29, 0.717) is 6.04 Å². The summed E-state index contributed by atoms with van der Waals surface area (Å²) in [7, 11) is 4.44. The Bertz CT molecular complexity index is 233. The summed E-state index contributed by atoms with van der Waals surface area (Å²) in [6.07, 6.45) is 5.81. The molecule has 4 nitrogen and oxygen atoms in total. The molecule has 1 heterocycles. The number of likely N-dealkylation sites (N-methyl/N-ethyl adjacent to an activating group) is 2. The second-order valence-electron chi connectivity index (χ2n) is 6.31. The van der Waals surface area contributed by atoms with Gasteiger partial charge in [0.2, 0.25) is 0 Å². The molecule has 108 valence electrons. The fourth-order valence-corrected chi connectivity index (χ4v) is 2.65. The summed E-state index contributed by atoms with van der Waals surface area (Å²) >= 11 is 0. The minimum Gasteiger partial charge on any atom is -0.394 e. The first-order valence-electron chi connectivity index (χ1n) is 7.23. The Kier molecular flexibility index (Phi) is 6.57. The molecule has 1 aliphatic heterocycles. The highest BCUT2D eigenvalue weighted by Gasteiger charge is 2.21. The van der Waals surface area contributed by atoms with Crippen molar-refractivity contribution in [3.05, 3.63) is 0 Å². The third-order valence-corrected chi connectivity index (χ3v) is 4.09. The predicted octanol–water partition coefficient (Wildman–Crippen LogP) is 0.892. The summed E-state index contributed by atoms with van der Waals surface area (Å²) in [5, 5.41) is 9.09. The van der Waals surface area contributed by atoms with Crippen molar-refractivity contribution in [2.24, 2.45) is 5.73 Å². The van der Waals surface area contributed by atoms with E-state index in [0.717, 1.165) is 19.4 Å². The zero-order valence-electron chi connectivity index (χ0n) is 12.4. The minimum absolute atomic E-state index is 0.0796. The summed E-state index contributed by atoms with van der Waals surface area (Å²) in [4.78, 5) is 4.91. The van der Waals surface area contributed by atoms with Gasteiger partial charge in [-0.15, -0.1) is 0 Å². The van der Waals surface area contributed by atoms with E-state index in [1.54, 1.807) is 0 Å². The molecule has 0 bridgehead atoms. The van der Waals surface area contributed by atoms with E-state index in [4.69, 9.17) is 10.8 Å². The molecule has 1 saturated heterocycles. The van der Waals surface area contributed by atoms with E-state index in [9.17, 15) is 0 Å². The number of aliphatic hydroxyl groups is 1. The summed E-state index contributed by atoms with van der Waals surface area (Å²) < 4.78 is 0. The van der Waals surface area contributed by atoms with Crippen LogP contribution in [0.15, 0.2) is 0 Å². The van der Waals surface area contributed by atoms with Gasteiger partial charge in [-0.05, 0) is 59.8 Å². The van der Waals surface area contributed by atoms with Gasteiger partial charge in [0.1, 0.15) is 0 Å². The maximum absolute atomic E-state index is 9.09. The van der Waals surface area contributed by atoms with Gasteiger partial charge in [0.15, 0.2) is 0 Å². The van der Waals surface area contributed by atoms with Crippen LogP contribution in [-0.2, 0) is 0 Å². The van der Waals surface area contributed by atoms with Gasteiger partial charge < -0.3 is 20.6 Å². The molecular formula is C14H31N3O. The van der Waals surface area contributed by atoms with Gasteiger partial charge in [0.05, 0.1) is 6.61 Å². The number of unbranched alkanes of at least 4 members (excludes halogenated alkanes) is 1. The van der Waals surface area contributed by atoms with Gasteiger partial charge in [-0.3, -0.25) is 0 Å². The summed E-state index contributed by atoms with van der Waals surface area (Å²) in [5.74, 6) is 0. The zero-order chi connectivity index (χ0) is 13.6. The first kappa shape index (κ1) is 15.9. The standard InChI is InChI=1S/C14H31N3O/c1-14(15,12-18)8-4-5-10-17(3)13-7-6-9-16(2)11-13/h13,18H,4-12,15H2,1-3H3. The van der Waals surface area contributed by atoms with Crippen molar-refractivity contribution < 1.29 is 5.11 Å². The summed E-state index contributed by atoms with van der Waals surface area (Å²) in [6, 6.07) is 0.714. The van der Waals surface area contributed by atoms with Crippen molar-refractivity contribution in [2.45, 2.75) is 50.6 Å². The first-order chi connectivity index (χ1) is 8.44. The molecule has 4 heteroatoms. The van der Waals surface area contributed by atoms with Crippen molar-refractivity contribution in [2.75, 3.05) is 40.3 Å². The normalized spacial score (nSPS) is 25.3. The smallest absolute Gasteiger partial charge is 0.0608 e. The lowest BCUT2D eigenvalue weighted by Gasteiger charge is -2.36. The van der Waals surface area contributed by atoms with Crippen LogP contribution in [0.2, 0.25) is 0 Å². The maximum atomic E-state index is 9.09. The van der Waals surface area contributed by atoms with Gasteiger partial charge in [0.25, 0.3) is 0 Å². The fraction of sp³-hybridized carbons (Fsp3) is 1.00. The number of rotatable bonds is 7. The van der Waals surface area contributed by atoms with Crippen LogP contribution in [0.25, 0.3) is 0 Å². The number of nitrogens with zero attached hydrogens (tertiary/aromatic N) is 2. The molecule has 3 N–H and O–H groups in total. The molecule has 0 spiro atoms. The largest absolute Gasteiger partial charge is 0.394 e. The number of piperidine rings is 1. The topological polar surface area (TPSA) is 52.7 Å². The Morgan fingerprint density at radius 2 is 2.17 bits per heavy atom. The predicted molar refractivity (Wildman–Crippen MR) is 76.7 cm³/mol. The average molecular weight is 257 g/mol. The molecule has 1 aliphatic rings. The highest BCUT2D eigenvalue weighted by atomic mass is 16.3. The Morgan fingerprint density at radius 1 is 1.44 bits per heavy atom. The van der Waals surface area contributed by atoms with Gasteiger partial charge in [-0.1, -0.05) is 6.42 Å². The SMILES string of the molecule is CN1CCCC(N(C)CCCCC(C)(N)CO)C1. The number of likely N-dealkylation sites (tertiary alicyclic amines) is 1. The third-order valence-electron chi connectivity index (χ3n) is 4.09. The highest BCUT2D eigenvalue weighted by molar-refractivity contribution is 4.79. The van der Waals surface area contributed by atoms with Crippen LogP contribution in [0, 0.1) is 0 Å². The van der Waals surface area contributed by atoms with Crippen LogP contribution >= 0.6 is 0 Å². The fourth-order valence-electron chi connectivity index (χ4n) is 2.65. The molecule has 18 heavy (non-hydrogen) atoms.